The molecule has 0 atom stereocenters. The van der Waals surface area contributed by atoms with Gasteiger partial charge >= 0.3 is 0 Å². The van der Waals surface area contributed by atoms with Gasteiger partial charge in [-0.15, -0.1) is 0 Å². The Hall–Kier alpha value is -4.32. The van der Waals surface area contributed by atoms with Gasteiger partial charge in [-0.05, 0) is 43.2 Å². The number of nitrogens with one attached hydrogen (secondary N) is 2. The van der Waals surface area contributed by atoms with Gasteiger partial charge in [-0.2, -0.15) is 0 Å². The number of carbonyl (C=O) groups excluding carboxylic acids is 2. The molecule has 0 spiro atoms. The second-order valence-corrected chi connectivity index (χ2v) is 9.29. The maximum atomic E-state index is 12.3. The van der Waals surface area contributed by atoms with Gasteiger partial charge in [-0.25, -0.2) is 9.97 Å². The summed E-state index contributed by atoms with van der Waals surface area (Å²) in [4.78, 5) is 34.1. The van der Waals surface area contributed by atoms with E-state index < -0.39 is 0 Å². The van der Waals surface area contributed by atoms with Crippen LogP contribution in [0.4, 0.5) is 11.4 Å². The molecule has 194 valence electrons. The van der Waals surface area contributed by atoms with Gasteiger partial charge in [0.2, 0.25) is 11.8 Å². The quantitative estimate of drug-likeness (QED) is 0.218. The van der Waals surface area contributed by atoms with Crippen LogP contribution in [0.1, 0.15) is 52.4 Å². The van der Waals surface area contributed by atoms with Gasteiger partial charge in [0.15, 0.2) is 5.82 Å². The van der Waals surface area contributed by atoms with Crippen molar-refractivity contribution in [1.29, 1.82) is 0 Å². The number of hydrogen-bond acceptors (Lipinski definition) is 4. The number of aromatic nitrogens is 2. The molecule has 0 radical (unpaired) electrons. The summed E-state index contributed by atoms with van der Waals surface area (Å²) in [5, 5.41) is 5.96. The standard InChI is InChI=1S/C32H34N4O2/c1-3-5-15-30(37)33-26-19-17-23(18-20-26)28-22-29(36-32(35-28)24-11-8-7-9-12-24)25-13-10-14-27(21-25)34-31(38)16-6-4-2/h7-14,17-22H,3-6,15-16H2,1-2H3,(H,33,37)(H,34,38). The first-order chi connectivity index (χ1) is 18.6. The summed E-state index contributed by atoms with van der Waals surface area (Å²) in [7, 11) is 0. The summed E-state index contributed by atoms with van der Waals surface area (Å²) in [5.74, 6) is 0.656. The monoisotopic (exact) mass is 506 g/mol. The summed E-state index contributed by atoms with van der Waals surface area (Å²) in [6.07, 6.45) is 4.73. The molecule has 0 fully saturated rings. The highest BCUT2D eigenvalue weighted by molar-refractivity contribution is 5.92. The maximum absolute atomic E-state index is 12.3. The minimum Gasteiger partial charge on any atom is -0.326 e. The van der Waals surface area contributed by atoms with Crippen LogP contribution in [0.2, 0.25) is 0 Å². The molecule has 6 nitrogen and oxygen atoms in total. The van der Waals surface area contributed by atoms with Crippen LogP contribution in [0.3, 0.4) is 0 Å². The largest absolute Gasteiger partial charge is 0.326 e. The van der Waals surface area contributed by atoms with Crippen molar-refractivity contribution in [2.75, 3.05) is 10.6 Å². The molecular weight excluding hydrogens is 472 g/mol. The first-order valence-corrected chi connectivity index (χ1v) is 13.3. The van der Waals surface area contributed by atoms with Crippen LogP contribution in [0.15, 0.2) is 84.9 Å². The van der Waals surface area contributed by atoms with E-state index in [-0.39, 0.29) is 11.8 Å². The Kier molecular flexibility index (Phi) is 9.35. The minimum absolute atomic E-state index is 0.0132. The molecule has 0 aliphatic heterocycles. The summed E-state index contributed by atoms with van der Waals surface area (Å²) in [6, 6.07) is 27.3. The smallest absolute Gasteiger partial charge is 0.224 e. The second kappa shape index (κ2) is 13.3. The molecule has 2 amide bonds. The van der Waals surface area contributed by atoms with E-state index >= 15 is 0 Å². The van der Waals surface area contributed by atoms with Crippen LogP contribution in [0.25, 0.3) is 33.9 Å². The van der Waals surface area contributed by atoms with Gasteiger partial charge in [-0.3, -0.25) is 9.59 Å². The van der Waals surface area contributed by atoms with Gasteiger partial charge in [0, 0.05) is 40.9 Å². The molecule has 0 bridgehead atoms. The summed E-state index contributed by atoms with van der Waals surface area (Å²) in [5.41, 5.74) is 5.76. The predicted molar refractivity (Wildman–Crippen MR) is 155 cm³/mol. The van der Waals surface area contributed by atoms with Gasteiger partial charge in [0.25, 0.3) is 0 Å². The van der Waals surface area contributed by atoms with Crippen LogP contribution < -0.4 is 10.6 Å². The van der Waals surface area contributed by atoms with E-state index in [0.29, 0.717) is 18.7 Å². The molecule has 0 aliphatic carbocycles. The van der Waals surface area contributed by atoms with Crippen molar-refractivity contribution in [3.63, 3.8) is 0 Å². The third kappa shape index (κ3) is 7.35. The number of unbranched alkanes of at least 4 members (excludes halogenated alkanes) is 2. The molecule has 0 saturated heterocycles. The van der Waals surface area contributed by atoms with Crippen molar-refractivity contribution in [2.45, 2.75) is 52.4 Å². The number of anilines is 2. The average molecular weight is 507 g/mol. The van der Waals surface area contributed by atoms with E-state index in [0.717, 1.165) is 65.1 Å². The third-order valence-corrected chi connectivity index (χ3v) is 6.18. The Balaban J connectivity index is 1.66. The molecule has 0 saturated carbocycles. The van der Waals surface area contributed by atoms with Crippen LogP contribution in [0.5, 0.6) is 0 Å². The fourth-order valence-electron chi connectivity index (χ4n) is 4.06. The molecular formula is C32H34N4O2. The molecule has 4 aromatic rings. The molecule has 0 unspecified atom stereocenters. The summed E-state index contributed by atoms with van der Waals surface area (Å²) in [6.45, 7) is 4.14. The van der Waals surface area contributed by atoms with E-state index in [1.165, 1.54) is 0 Å². The molecule has 2 N–H and O–H groups in total. The highest BCUT2D eigenvalue weighted by atomic mass is 16.2. The number of hydrogen-bond donors (Lipinski definition) is 2. The average Bonchev–Trinajstić information content (AvgIpc) is 2.95. The van der Waals surface area contributed by atoms with Crippen molar-refractivity contribution < 1.29 is 9.59 Å². The number of nitrogens with zero attached hydrogens (tertiary/aromatic N) is 2. The normalized spacial score (nSPS) is 10.7. The lowest BCUT2D eigenvalue weighted by molar-refractivity contribution is -0.117. The van der Waals surface area contributed by atoms with Crippen LogP contribution in [-0.2, 0) is 9.59 Å². The molecule has 1 aromatic heterocycles. The topological polar surface area (TPSA) is 84.0 Å². The van der Waals surface area contributed by atoms with E-state index in [9.17, 15) is 9.59 Å². The third-order valence-electron chi connectivity index (χ3n) is 6.18. The fourth-order valence-corrected chi connectivity index (χ4v) is 4.06. The summed E-state index contributed by atoms with van der Waals surface area (Å²) < 4.78 is 0. The molecule has 4 rings (SSSR count). The Morgan fingerprint density at radius 2 is 1.18 bits per heavy atom. The Labute approximate surface area is 224 Å². The number of benzene rings is 3. The van der Waals surface area contributed by atoms with Crippen LogP contribution in [-0.4, -0.2) is 21.8 Å². The predicted octanol–water partition coefficient (Wildman–Crippen LogP) is 7.74. The Morgan fingerprint density at radius 3 is 1.82 bits per heavy atom. The highest BCUT2D eigenvalue weighted by Gasteiger charge is 2.12. The Morgan fingerprint density at radius 1 is 0.605 bits per heavy atom. The van der Waals surface area contributed by atoms with Crippen molar-refractivity contribution in [2.24, 2.45) is 0 Å². The first kappa shape index (κ1) is 26.7. The van der Waals surface area contributed by atoms with Gasteiger partial charge in [-0.1, -0.05) is 81.3 Å². The minimum atomic E-state index is 0.0132. The van der Waals surface area contributed by atoms with E-state index in [1.807, 2.05) is 84.9 Å². The van der Waals surface area contributed by atoms with E-state index in [1.54, 1.807) is 0 Å². The number of rotatable bonds is 11. The van der Waals surface area contributed by atoms with Gasteiger partial charge < -0.3 is 10.6 Å². The van der Waals surface area contributed by atoms with Crippen LogP contribution >= 0.6 is 0 Å². The van der Waals surface area contributed by atoms with Crippen molar-refractivity contribution in [3.8, 4) is 33.9 Å². The lowest BCUT2D eigenvalue weighted by Gasteiger charge is -2.11. The van der Waals surface area contributed by atoms with Crippen LogP contribution in [0, 0.1) is 0 Å². The van der Waals surface area contributed by atoms with Crippen molar-refractivity contribution >= 4 is 23.2 Å². The lowest BCUT2D eigenvalue weighted by Crippen LogP contribution is -2.10. The van der Waals surface area contributed by atoms with E-state index in [2.05, 4.69) is 24.5 Å². The highest BCUT2D eigenvalue weighted by Crippen LogP contribution is 2.29. The number of amides is 2. The zero-order valence-electron chi connectivity index (χ0n) is 22.0. The SMILES string of the molecule is CCCCC(=O)Nc1ccc(-c2cc(-c3cccc(NC(=O)CCCC)c3)nc(-c3ccccc3)n2)cc1. The summed E-state index contributed by atoms with van der Waals surface area (Å²) >= 11 is 0. The molecule has 3 aromatic carbocycles. The maximum Gasteiger partial charge on any atom is 0.224 e. The zero-order valence-corrected chi connectivity index (χ0v) is 22.0. The van der Waals surface area contributed by atoms with Crippen molar-refractivity contribution in [1.82, 2.24) is 9.97 Å². The molecule has 38 heavy (non-hydrogen) atoms. The fraction of sp³-hybridized carbons (Fsp3) is 0.250. The Bertz CT molecular complexity index is 1370. The van der Waals surface area contributed by atoms with Crippen molar-refractivity contribution in [3.05, 3.63) is 84.9 Å². The van der Waals surface area contributed by atoms with E-state index in [4.69, 9.17) is 9.97 Å². The first-order valence-electron chi connectivity index (χ1n) is 13.3. The molecule has 0 aliphatic rings. The van der Waals surface area contributed by atoms with Gasteiger partial charge in [0.1, 0.15) is 0 Å². The zero-order chi connectivity index (χ0) is 26.7. The lowest BCUT2D eigenvalue weighted by atomic mass is 10.1. The second-order valence-electron chi connectivity index (χ2n) is 9.29. The number of carbonyl (C=O) groups is 2. The molecule has 1 heterocycles. The molecule has 6 heteroatoms. The van der Waals surface area contributed by atoms with Gasteiger partial charge in [0.05, 0.1) is 11.4 Å².